The zero-order chi connectivity index (χ0) is 16.4. The van der Waals surface area contributed by atoms with Crippen molar-refractivity contribution in [3.8, 4) is 0 Å². The first-order valence-electron chi connectivity index (χ1n) is 7.57. The van der Waals surface area contributed by atoms with E-state index < -0.39 is 15.5 Å². The molecule has 0 N–H and O–H groups in total. The minimum atomic E-state index is -4.68. The smallest absolute Gasteiger partial charge is 0.307 e. The normalized spacial score (nSPS) is 22.7. The van der Waals surface area contributed by atoms with Gasteiger partial charge in [-0.05, 0) is 11.6 Å². The number of rotatable bonds is 4. The molecule has 1 unspecified atom stereocenters. The Balaban J connectivity index is 1.77. The number of para-hydroxylation sites is 1. The third-order valence-electron chi connectivity index (χ3n) is 4.28. The number of nitrogens with zero attached hydrogens (tertiary/aromatic N) is 2. The van der Waals surface area contributed by atoms with E-state index in [1.807, 2.05) is 24.3 Å². The van der Waals surface area contributed by atoms with Gasteiger partial charge in [-0.15, -0.1) is 3.89 Å². The fourth-order valence-electron chi connectivity index (χ4n) is 3.04. The van der Waals surface area contributed by atoms with Gasteiger partial charge in [-0.2, -0.15) is 8.42 Å². The maximum Gasteiger partial charge on any atom is 0.307 e. The summed E-state index contributed by atoms with van der Waals surface area (Å²) in [6, 6.07) is 7.69. The number of benzene rings is 1. The van der Waals surface area contributed by atoms with Gasteiger partial charge in [0, 0.05) is 38.3 Å². The van der Waals surface area contributed by atoms with E-state index in [0.29, 0.717) is 19.8 Å². The minimum Gasteiger partial charge on any atom is -0.378 e. The van der Waals surface area contributed by atoms with Gasteiger partial charge in [0.05, 0.1) is 13.2 Å². The van der Waals surface area contributed by atoms with Gasteiger partial charge in [0.25, 0.3) is 0 Å². The summed E-state index contributed by atoms with van der Waals surface area (Å²) in [6.07, 6.45) is -0.279. The average molecular weight is 342 g/mol. The number of halogens is 1. The molecule has 0 spiro atoms. The molecule has 2 heterocycles. The Morgan fingerprint density at radius 1 is 1.22 bits per heavy atom. The van der Waals surface area contributed by atoms with Crippen molar-refractivity contribution in [1.29, 1.82) is 0 Å². The number of hydrogen-bond donors (Lipinski definition) is 0. The fraction of sp³-hybridized carbons (Fsp3) is 0.533. The summed E-state index contributed by atoms with van der Waals surface area (Å²) in [7, 11) is -4.68. The maximum atomic E-state index is 13.1. The van der Waals surface area contributed by atoms with E-state index in [9.17, 15) is 17.1 Å². The van der Waals surface area contributed by atoms with Crippen LogP contribution < -0.4 is 4.90 Å². The van der Waals surface area contributed by atoms with Crippen molar-refractivity contribution in [3.05, 3.63) is 29.8 Å². The molecule has 3 rings (SSSR count). The number of carbonyl (C=O) groups excluding carboxylic acids is 1. The number of likely N-dealkylation sites (tertiary alicyclic amines) is 1. The van der Waals surface area contributed by atoms with E-state index in [0.717, 1.165) is 24.3 Å². The Hall–Kier alpha value is -1.67. The molecular weight excluding hydrogens is 323 g/mol. The Morgan fingerprint density at radius 2 is 1.91 bits per heavy atom. The van der Waals surface area contributed by atoms with Crippen LogP contribution in [0, 0.1) is 0 Å². The number of anilines is 1. The van der Waals surface area contributed by atoms with Crippen LogP contribution in [0.15, 0.2) is 24.3 Å². The van der Waals surface area contributed by atoms with Crippen LogP contribution in [0.1, 0.15) is 12.0 Å². The molecule has 2 aliphatic rings. The van der Waals surface area contributed by atoms with Gasteiger partial charge >= 0.3 is 10.2 Å². The number of amides is 1. The first kappa shape index (κ1) is 16.2. The molecule has 0 radical (unpaired) electrons. The summed E-state index contributed by atoms with van der Waals surface area (Å²) >= 11 is 0. The predicted octanol–water partition coefficient (Wildman–Crippen LogP) is 0.923. The summed E-state index contributed by atoms with van der Waals surface area (Å²) in [6.45, 7) is 3.05. The summed E-state index contributed by atoms with van der Waals surface area (Å²) < 4.78 is 40.5. The van der Waals surface area contributed by atoms with Gasteiger partial charge in [-0.25, -0.2) is 0 Å². The molecule has 0 aliphatic carbocycles. The van der Waals surface area contributed by atoms with Crippen molar-refractivity contribution in [3.63, 3.8) is 0 Å². The number of morpholine rings is 1. The molecule has 0 saturated carbocycles. The lowest BCUT2D eigenvalue weighted by atomic mass is 10.1. The standard InChI is InChI=1S/C15H19FN2O4S/c16-23(20,21)13-9-15(19)18(11-13)10-12-3-1-2-4-14(12)17-5-7-22-8-6-17/h1-4,13H,5-11H2. The highest BCUT2D eigenvalue weighted by Gasteiger charge is 2.38. The van der Waals surface area contributed by atoms with Crippen LogP contribution in [0.2, 0.25) is 0 Å². The van der Waals surface area contributed by atoms with Crippen molar-refractivity contribution in [2.45, 2.75) is 18.2 Å². The highest BCUT2D eigenvalue weighted by Crippen LogP contribution is 2.26. The molecule has 23 heavy (non-hydrogen) atoms. The first-order chi connectivity index (χ1) is 10.9. The molecule has 2 saturated heterocycles. The van der Waals surface area contributed by atoms with Crippen LogP contribution in [-0.4, -0.2) is 57.3 Å². The second kappa shape index (κ2) is 6.45. The van der Waals surface area contributed by atoms with Crippen molar-refractivity contribution < 1.29 is 21.8 Å². The third-order valence-corrected chi connectivity index (χ3v) is 5.39. The highest BCUT2D eigenvalue weighted by atomic mass is 32.3. The zero-order valence-electron chi connectivity index (χ0n) is 12.7. The monoisotopic (exact) mass is 342 g/mol. The Bertz CT molecular complexity index is 688. The lowest BCUT2D eigenvalue weighted by Gasteiger charge is -2.31. The second-order valence-corrected chi connectivity index (χ2v) is 7.42. The summed E-state index contributed by atoms with van der Waals surface area (Å²) in [5, 5.41) is -1.24. The molecule has 0 bridgehead atoms. The van der Waals surface area contributed by atoms with Crippen LogP contribution >= 0.6 is 0 Å². The van der Waals surface area contributed by atoms with Gasteiger partial charge in [0.15, 0.2) is 0 Å². The fourth-order valence-corrected chi connectivity index (χ4v) is 3.74. The minimum absolute atomic E-state index is 0.0882. The van der Waals surface area contributed by atoms with E-state index in [-0.39, 0.29) is 18.9 Å². The Labute approximate surface area is 135 Å². The average Bonchev–Trinajstić information content (AvgIpc) is 2.90. The zero-order valence-corrected chi connectivity index (χ0v) is 13.5. The highest BCUT2D eigenvalue weighted by molar-refractivity contribution is 7.87. The largest absolute Gasteiger partial charge is 0.378 e. The number of carbonyl (C=O) groups is 1. The number of ether oxygens (including phenoxy) is 1. The molecule has 1 atom stereocenters. The number of hydrogen-bond acceptors (Lipinski definition) is 5. The van der Waals surface area contributed by atoms with Crippen LogP contribution in [-0.2, 0) is 26.3 Å². The molecule has 126 valence electrons. The van der Waals surface area contributed by atoms with E-state index in [4.69, 9.17) is 4.74 Å². The van der Waals surface area contributed by atoms with Crippen molar-refractivity contribution in [2.24, 2.45) is 0 Å². The summed E-state index contributed by atoms with van der Waals surface area (Å²) in [5.41, 5.74) is 1.94. The summed E-state index contributed by atoms with van der Waals surface area (Å²) in [4.78, 5) is 15.6. The maximum absolute atomic E-state index is 13.1. The van der Waals surface area contributed by atoms with E-state index in [2.05, 4.69) is 4.90 Å². The topological polar surface area (TPSA) is 66.9 Å². The van der Waals surface area contributed by atoms with Gasteiger partial charge in [-0.3, -0.25) is 4.79 Å². The van der Waals surface area contributed by atoms with Crippen LogP contribution in [0.5, 0.6) is 0 Å². The van der Waals surface area contributed by atoms with E-state index in [1.165, 1.54) is 4.90 Å². The van der Waals surface area contributed by atoms with Crippen molar-refractivity contribution in [1.82, 2.24) is 4.90 Å². The third kappa shape index (κ3) is 3.64. The van der Waals surface area contributed by atoms with Gasteiger partial charge in [0.1, 0.15) is 5.25 Å². The van der Waals surface area contributed by atoms with Gasteiger partial charge < -0.3 is 14.5 Å². The lowest BCUT2D eigenvalue weighted by Crippen LogP contribution is -2.37. The van der Waals surface area contributed by atoms with Gasteiger partial charge in [-0.1, -0.05) is 18.2 Å². The molecule has 2 aliphatic heterocycles. The molecule has 1 aromatic carbocycles. The molecule has 2 fully saturated rings. The summed E-state index contributed by atoms with van der Waals surface area (Å²) in [5.74, 6) is -0.326. The molecular formula is C15H19FN2O4S. The van der Waals surface area contributed by atoms with Crippen LogP contribution in [0.4, 0.5) is 9.57 Å². The van der Waals surface area contributed by atoms with Crippen molar-refractivity contribution in [2.75, 3.05) is 37.7 Å². The van der Waals surface area contributed by atoms with E-state index >= 15 is 0 Å². The SMILES string of the molecule is O=C1CC(S(=O)(=O)F)CN1Cc1ccccc1N1CCOCC1. The quantitative estimate of drug-likeness (QED) is 0.762. The Morgan fingerprint density at radius 3 is 2.57 bits per heavy atom. The van der Waals surface area contributed by atoms with Crippen molar-refractivity contribution >= 4 is 21.8 Å². The lowest BCUT2D eigenvalue weighted by molar-refractivity contribution is -0.128. The first-order valence-corrected chi connectivity index (χ1v) is 9.01. The second-order valence-electron chi connectivity index (χ2n) is 5.80. The molecule has 1 aromatic rings. The Kier molecular flexibility index (Phi) is 4.54. The molecule has 1 amide bonds. The van der Waals surface area contributed by atoms with Crippen LogP contribution in [0.3, 0.4) is 0 Å². The molecule has 8 heteroatoms. The van der Waals surface area contributed by atoms with Crippen LogP contribution in [0.25, 0.3) is 0 Å². The molecule has 0 aromatic heterocycles. The predicted molar refractivity (Wildman–Crippen MR) is 83.3 cm³/mol. The molecule has 6 nitrogen and oxygen atoms in total. The van der Waals surface area contributed by atoms with E-state index in [1.54, 1.807) is 0 Å². The van der Waals surface area contributed by atoms with Gasteiger partial charge in [0.2, 0.25) is 5.91 Å².